The van der Waals surface area contributed by atoms with Crippen LogP contribution in [-0.4, -0.2) is 40.9 Å². The van der Waals surface area contributed by atoms with Crippen molar-refractivity contribution >= 4 is 11.8 Å². The molecule has 2 bridgehead atoms. The Kier molecular flexibility index (Phi) is 2.82. The zero-order valence-corrected chi connectivity index (χ0v) is 15.8. The number of carbonyl (C=O) groups excluding carboxylic acids is 1. The fourth-order valence-corrected chi connectivity index (χ4v) is 8.87. The maximum Gasteiger partial charge on any atom is 0.307 e. The van der Waals surface area contributed by atoms with Gasteiger partial charge in [0.2, 0.25) is 0 Å². The number of fused-ring (bicyclic) bond motifs is 1. The second-order valence-electron chi connectivity index (χ2n) is 10.4. The Labute approximate surface area is 155 Å². The summed E-state index contributed by atoms with van der Waals surface area (Å²) in [6.45, 7) is 6.82. The quantitative estimate of drug-likeness (QED) is 0.734. The number of carboxylic acid groups (broad SMARTS) is 1. The summed E-state index contributed by atoms with van der Waals surface area (Å²) in [6.07, 6.45) is 5.91. The minimum atomic E-state index is -0.669. The van der Waals surface area contributed by atoms with Gasteiger partial charge in [-0.3, -0.25) is 14.5 Å². The van der Waals surface area contributed by atoms with Crippen molar-refractivity contribution in [3.05, 3.63) is 11.1 Å². The standard InChI is InChI=1S/C22H29NO3/c1-11-9-23-10-13-5-3-12-4-6-14-16(20(25)26)8-22(18(12)14)19(24)15(11)7-17(23)21(13,22)2/h11,13-17H,3-10H2,1-2H3,(H,25,26)/t11-,13-,14-,15-,16-,17-,21-,22+/m1/s1. The smallest absolute Gasteiger partial charge is 0.307 e. The van der Waals surface area contributed by atoms with Crippen molar-refractivity contribution in [3.63, 3.8) is 0 Å². The van der Waals surface area contributed by atoms with Gasteiger partial charge in [0.05, 0.1) is 11.3 Å². The molecular formula is C22H29NO3. The van der Waals surface area contributed by atoms with E-state index >= 15 is 0 Å². The lowest BCUT2D eigenvalue weighted by molar-refractivity contribution is -0.158. The Morgan fingerprint density at radius 1 is 1.19 bits per heavy atom. The Bertz CT molecular complexity index is 771. The van der Waals surface area contributed by atoms with E-state index in [2.05, 4.69) is 18.7 Å². The van der Waals surface area contributed by atoms with E-state index in [9.17, 15) is 14.7 Å². The largest absolute Gasteiger partial charge is 0.481 e. The minimum Gasteiger partial charge on any atom is -0.481 e. The third kappa shape index (κ3) is 1.44. The lowest BCUT2D eigenvalue weighted by Gasteiger charge is -2.59. The summed E-state index contributed by atoms with van der Waals surface area (Å²) in [5.41, 5.74) is 2.32. The minimum absolute atomic E-state index is 0.0510. The van der Waals surface area contributed by atoms with Gasteiger partial charge in [0, 0.05) is 30.5 Å². The number of hydrogen-bond acceptors (Lipinski definition) is 3. The van der Waals surface area contributed by atoms with E-state index in [4.69, 9.17) is 0 Å². The summed E-state index contributed by atoms with van der Waals surface area (Å²) in [6, 6.07) is 0.479. The van der Waals surface area contributed by atoms with Gasteiger partial charge in [-0.15, -0.1) is 0 Å². The predicted octanol–water partition coefficient (Wildman–Crippen LogP) is 3.12. The third-order valence-electron chi connectivity index (χ3n) is 9.89. The normalized spacial score (nSPS) is 54.5. The number of rotatable bonds is 1. The Morgan fingerprint density at radius 2 is 1.96 bits per heavy atom. The molecule has 2 aliphatic heterocycles. The molecule has 4 nitrogen and oxygen atoms in total. The Hall–Kier alpha value is -1.16. The highest BCUT2D eigenvalue weighted by Gasteiger charge is 2.76. The van der Waals surface area contributed by atoms with Gasteiger partial charge in [0.25, 0.3) is 0 Å². The lowest BCUT2D eigenvalue weighted by Crippen LogP contribution is -2.64. The molecule has 2 saturated heterocycles. The summed E-state index contributed by atoms with van der Waals surface area (Å²) in [7, 11) is 0. The number of Topliss-reactive ketones (excluding diaryl/α,β-unsaturated/α-hetero) is 1. The summed E-state index contributed by atoms with van der Waals surface area (Å²) in [5, 5.41) is 9.99. The molecule has 4 heteroatoms. The highest BCUT2D eigenvalue weighted by Crippen LogP contribution is 2.74. The number of ketones is 1. The highest BCUT2D eigenvalue weighted by atomic mass is 16.4. The Balaban J connectivity index is 1.65. The van der Waals surface area contributed by atoms with E-state index in [-0.39, 0.29) is 23.2 Å². The molecule has 6 rings (SSSR count). The van der Waals surface area contributed by atoms with Gasteiger partial charge in [-0.2, -0.15) is 0 Å². The molecular weight excluding hydrogens is 326 g/mol. The van der Waals surface area contributed by atoms with Crippen molar-refractivity contribution < 1.29 is 14.7 Å². The van der Waals surface area contributed by atoms with Gasteiger partial charge in [0.1, 0.15) is 5.78 Å². The van der Waals surface area contributed by atoms with Crippen molar-refractivity contribution in [3.8, 4) is 0 Å². The molecule has 6 aliphatic rings. The van der Waals surface area contributed by atoms with Crippen LogP contribution in [0.5, 0.6) is 0 Å². The summed E-state index contributed by atoms with van der Waals surface area (Å²) in [5.74, 6) is 0.657. The van der Waals surface area contributed by atoms with Crippen molar-refractivity contribution in [1.82, 2.24) is 4.90 Å². The second-order valence-corrected chi connectivity index (χ2v) is 10.4. The number of carboxylic acids is 1. The number of aliphatic carboxylic acids is 1. The van der Waals surface area contributed by atoms with E-state index in [1.54, 1.807) is 0 Å². The first-order valence-corrected chi connectivity index (χ1v) is 10.6. The van der Waals surface area contributed by atoms with Crippen LogP contribution >= 0.6 is 0 Å². The molecule has 2 saturated carbocycles. The van der Waals surface area contributed by atoms with Gasteiger partial charge < -0.3 is 5.11 Å². The zero-order valence-electron chi connectivity index (χ0n) is 15.8. The van der Waals surface area contributed by atoms with Crippen LogP contribution in [0.15, 0.2) is 11.1 Å². The molecule has 4 fully saturated rings. The van der Waals surface area contributed by atoms with E-state index in [1.807, 2.05) is 0 Å². The third-order valence-corrected chi connectivity index (χ3v) is 9.89. The van der Waals surface area contributed by atoms with Crippen LogP contribution in [0.3, 0.4) is 0 Å². The maximum atomic E-state index is 14.1. The fraction of sp³-hybridized carbons (Fsp3) is 0.818. The van der Waals surface area contributed by atoms with Crippen molar-refractivity contribution in [2.75, 3.05) is 13.1 Å². The average Bonchev–Trinajstić information content (AvgIpc) is 3.21. The topological polar surface area (TPSA) is 57.6 Å². The van der Waals surface area contributed by atoms with E-state index in [1.165, 1.54) is 17.6 Å². The summed E-state index contributed by atoms with van der Waals surface area (Å²) >= 11 is 0. The molecule has 140 valence electrons. The van der Waals surface area contributed by atoms with Crippen LogP contribution < -0.4 is 0 Å². The van der Waals surface area contributed by atoms with Crippen molar-refractivity contribution in [1.29, 1.82) is 0 Å². The number of nitrogens with zero attached hydrogens (tertiary/aromatic N) is 1. The van der Waals surface area contributed by atoms with Crippen LogP contribution in [0.25, 0.3) is 0 Å². The van der Waals surface area contributed by atoms with Crippen LogP contribution in [0.1, 0.15) is 52.4 Å². The van der Waals surface area contributed by atoms with Crippen molar-refractivity contribution in [2.45, 2.75) is 58.4 Å². The maximum absolute atomic E-state index is 14.1. The molecule has 0 unspecified atom stereocenters. The first-order valence-electron chi connectivity index (χ1n) is 10.6. The summed E-state index contributed by atoms with van der Waals surface area (Å²) < 4.78 is 0. The van der Waals surface area contributed by atoms with Gasteiger partial charge in [-0.05, 0) is 56.3 Å². The predicted molar refractivity (Wildman–Crippen MR) is 96.4 cm³/mol. The summed E-state index contributed by atoms with van der Waals surface area (Å²) in [4.78, 5) is 29.0. The zero-order chi connectivity index (χ0) is 18.0. The number of piperidine rings is 1. The van der Waals surface area contributed by atoms with Gasteiger partial charge >= 0.3 is 5.97 Å². The lowest BCUT2D eigenvalue weighted by atomic mass is 9.45. The molecule has 26 heavy (non-hydrogen) atoms. The van der Waals surface area contributed by atoms with E-state index in [0.717, 1.165) is 38.8 Å². The molecule has 0 radical (unpaired) electrons. The average molecular weight is 355 g/mol. The highest BCUT2D eigenvalue weighted by molar-refractivity contribution is 5.95. The molecule has 4 aliphatic carbocycles. The fourth-order valence-electron chi connectivity index (χ4n) is 8.87. The first kappa shape index (κ1) is 15.9. The molecule has 8 atom stereocenters. The monoisotopic (exact) mass is 355 g/mol. The van der Waals surface area contributed by atoms with E-state index in [0.29, 0.717) is 30.1 Å². The van der Waals surface area contributed by atoms with Gasteiger partial charge in [-0.25, -0.2) is 0 Å². The van der Waals surface area contributed by atoms with Crippen LogP contribution in [0.4, 0.5) is 0 Å². The van der Waals surface area contributed by atoms with Crippen LogP contribution in [0, 0.1) is 40.4 Å². The molecule has 0 amide bonds. The number of allylic oxidation sites excluding steroid dienone is 2. The molecule has 2 heterocycles. The SMILES string of the molecule is C[C@@H]1CN2C[C@H]3CCC4=C5[C@H](CC4)[C@H](C(=O)O)C[C@@]54C(=O)[C@@H]1C[C@@H]2[C@@]34C. The second kappa shape index (κ2) is 4.63. The molecule has 0 aromatic heterocycles. The van der Waals surface area contributed by atoms with Gasteiger partial charge in [-0.1, -0.05) is 25.0 Å². The number of hydrogen-bond donors (Lipinski definition) is 1. The van der Waals surface area contributed by atoms with Crippen LogP contribution in [-0.2, 0) is 9.59 Å². The molecule has 1 N–H and O–H groups in total. The number of carbonyl (C=O) groups is 2. The molecule has 0 aromatic carbocycles. The van der Waals surface area contributed by atoms with Crippen LogP contribution in [0.2, 0.25) is 0 Å². The Morgan fingerprint density at radius 3 is 2.73 bits per heavy atom. The molecule has 1 spiro atoms. The van der Waals surface area contributed by atoms with Crippen molar-refractivity contribution in [2.24, 2.45) is 40.4 Å². The molecule has 0 aromatic rings. The van der Waals surface area contributed by atoms with Gasteiger partial charge in [0.15, 0.2) is 0 Å². The first-order chi connectivity index (χ1) is 12.4. The van der Waals surface area contributed by atoms with E-state index < -0.39 is 11.4 Å².